The summed E-state index contributed by atoms with van der Waals surface area (Å²) < 4.78 is 38.8. The standard InChI is InChI=1S/C21H22F3N5/c1-2-28-8-10-29(11-9-28)19-7-6-16(13-25-19)20-26-14-18(27-20)15-4-3-5-17(12-15)21(22,23)24/h3-7,12-14H,2,8-11H2,1H3,(H,26,27). The fourth-order valence-corrected chi connectivity index (χ4v) is 3.48. The lowest BCUT2D eigenvalue weighted by molar-refractivity contribution is -0.137. The Morgan fingerprint density at radius 1 is 1.03 bits per heavy atom. The Kier molecular flexibility index (Phi) is 5.27. The van der Waals surface area contributed by atoms with E-state index in [2.05, 4.69) is 31.7 Å². The van der Waals surface area contributed by atoms with Crippen LogP contribution in [0.2, 0.25) is 0 Å². The molecule has 1 fully saturated rings. The van der Waals surface area contributed by atoms with Gasteiger partial charge in [-0.15, -0.1) is 0 Å². The molecule has 1 aliphatic heterocycles. The van der Waals surface area contributed by atoms with Crippen molar-refractivity contribution in [2.45, 2.75) is 13.1 Å². The number of anilines is 1. The minimum absolute atomic E-state index is 0.417. The molecule has 0 aliphatic carbocycles. The van der Waals surface area contributed by atoms with Crippen molar-refractivity contribution in [2.24, 2.45) is 0 Å². The maximum atomic E-state index is 12.9. The molecule has 152 valence electrons. The first-order chi connectivity index (χ1) is 13.9. The summed E-state index contributed by atoms with van der Waals surface area (Å²) in [5, 5.41) is 0. The molecule has 0 amide bonds. The lowest BCUT2D eigenvalue weighted by atomic mass is 10.1. The summed E-state index contributed by atoms with van der Waals surface area (Å²) in [6.45, 7) is 7.17. The number of alkyl halides is 3. The van der Waals surface area contributed by atoms with Gasteiger partial charge in [-0.3, -0.25) is 0 Å². The minimum atomic E-state index is -4.38. The number of benzene rings is 1. The zero-order valence-corrected chi connectivity index (χ0v) is 16.1. The van der Waals surface area contributed by atoms with E-state index in [1.54, 1.807) is 18.5 Å². The van der Waals surface area contributed by atoms with Crippen molar-refractivity contribution >= 4 is 5.82 Å². The van der Waals surface area contributed by atoms with Gasteiger partial charge in [-0.05, 0) is 30.8 Å². The highest BCUT2D eigenvalue weighted by Gasteiger charge is 2.30. The number of imidazole rings is 1. The zero-order chi connectivity index (χ0) is 20.4. The molecule has 0 spiro atoms. The van der Waals surface area contributed by atoms with Crippen LogP contribution in [0.4, 0.5) is 19.0 Å². The van der Waals surface area contributed by atoms with Crippen LogP contribution in [0, 0.1) is 0 Å². The van der Waals surface area contributed by atoms with Crippen LogP contribution in [0.5, 0.6) is 0 Å². The van der Waals surface area contributed by atoms with E-state index in [9.17, 15) is 13.2 Å². The third-order valence-corrected chi connectivity index (χ3v) is 5.23. The number of halogens is 3. The van der Waals surface area contributed by atoms with Crippen LogP contribution < -0.4 is 4.90 Å². The quantitative estimate of drug-likeness (QED) is 0.708. The van der Waals surface area contributed by atoms with Crippen molar-refractivity contribution in [2.75, 3.05) is 37.6 Å². The molecule has 3 aromatic rings. The van der Waals surface area contributed by atoms with Crippen LogP contribution in [-0.4, -0.2) is 52.6 Å². The average Bonchev–Trinajstić information content (AvgIpc) is 3.24. The van der Waals surface area contributed by atoms with E-state index in [4.69, 9.17) is 0 Å². The van der Waals surface area contributed by atoms with E-state index in [0.717, 1.165) is 56.2 Å². The SMILES string of the molecule is CCN1CCN(c2ccc(-c3nc(-c4cccc(C(F)(F)F)c4)c[nH]3)cn2)CC1. The molecule has 0 saturated carbocycles. The Morgan fingerprint density at radius 3 is 2.48 bits per heavy atom. The molecule has 1 aliphatic rings. The van der Waals surface area contributed by atoms with Gasteiger partial charge < -0.3 is 14.8 Å². The summed E-state index contributed by atoms with van der Waals surface area (Å²) in [5.74, 6) is 1.50. The fourth-order valence-electron chi connectivity index (χ4n) is 3.48. The molecular weight excluding hydrogens is 379 g/mol. The van der Waals surface area contributed by atoms with E-state index in [1.165, 1.54) is 6.07 Å². The first-order valence-corrected chi connectivity index (χ1v) is 9.61. The van der Waals surface area contributed by atoms with Gasteiger partial charge in [0.2, 0.25) is 0 Å². The molecule has 2 aromatic heterocycles. The number of H-pyrrole nitrogens is 1. The second-order valence-electron chi connectivity index (χ2n) is 7.04. The lowest BCUT2D eigenvalue weighted by Crippen LogP contribution is -2.46. The topological polar surface area (TPSA) is 48.0 Å². The monoisotopic (exact) mass is 401 g/mol. The van der Waals surface area contributed by atoms with E-state index >= 15 is 0 Å². The number of hydrogen-bond acceptors (Lipinski definition) is 4. The summed E-state index contributed by atoms with van der Waals surface area (Å²) in [6, 6.07) is 9.07. The van der Waals surface area contributed by atoms with Crippen molar-refractivity contribution in [1.82, 2.24) is 19.9 Å². The predicted octanol–water partition coefficient (Wildman–Crippen LogP) is 4.30. The van der Waals surface area contributed by atoms with E-state index in [1.807, 2.05) is 12.1 Å². The molecule has 8 heteroatoms. The summed E-state index contributed by atoms with van der Waals surface area (Å²) >= 11 is 0. The van der Waals surface area contributed by atoms with Crippen LogP contribution in [0.15, 0.2) is 48.8 Å². The Hall–Kier alpha value is -2.87. The van der Waals surface area contributed by atoms with Gasteiger partial charge in [0.25, 0.3) is 0 Å². The largest absolute Gasteiger partial charge is 0.416 e. The lowest BCUT2D eigenvalue weighted by Gasteiger charge is -2.34. The fraction of sp³-hybridized carbons (Fsp3) is 0.333. The molecule has 29 heavy (non-hydrogen) atoms. The third-order valence-electron chi connectivity index (χ3n) is 5.23. The first-order valence-electron chi connectivity index (χ1n) is 9.61. The predicted molar refractivity (Wildman–Crippen MR) is 107 cm³/mol. The number of rotatable bonds is 4. The van der Waals surface area contributed by atoms with Crippen molar-refractivity contribution in [3.63, 3.8) is 0 Å². The van der Waals surface area contributed by atoms with Gasteiger partial charge in [0, 0.05) is 49.7 Å². The van der Waals surface area contributed by atoms with Crippen LogP contribution >= 0.6 is 0 Å². The van der Waals surface area contributed by atoms with Gasteiger partial charge >= 0.3 is 6.18 Å². The number of pyridine rings is 1. The zero-order valence-electron chi connectivity index (χ0n) is 16.1. The van der Waals surface area contributed by atoms with Crippen LogP contribution in [0.1, 0.15) is 12.5 Å². The molecule has 1 saturated heterocycles. The van der Waals surface area contributed by atoms with Crippen molar-refractivity contribution in [3.05, 3.63) is 54.4 Å². The summed E-state index contributed by atoms with van der Waals surface area (Å²) in [7, 11) is 0. The molecule has 1 aromatic carbocycles. The van der Waals surface area contributed by atoms with Gasteiger partial charge in [0.15, 0.2) is 0 Å². The highest BCUT2D eigenvalue weighted by Crippen LogP contribution is 2.32. The van der Waals surface area contributed by atoms with Crippen LogP contribution in [-0.2, 0) is 6.18 Å². The van der Waals surface area contributed by atoms with Gasteiger partial charge in [-0.25, -0.2) is 9.97 Å². The number of piperazine rings is 1. The number of aromatic nitrogens is 3. The number of aromatic amines is 1. The van der Waals surface area contributed by atoms with Gasteiger partial charge in [0.05, 0.1) is 11.3 Å². The number of nitrogens with zero attached hydrogens (tertiary/aromatic N) is 4. The normalized spacial score (nSPS) is 15.7. The molecular formula is C21H22F3N5. The Morgan fingerprint density at radius 2 is 1.83 bits per heavy atom. The molecule has 4 rings (SSSR count). The molecule has 5 nitrogen and oxygen atoms in total. The van der Waals surface area contributed by atoms with Crippen LogP contribution in [0.3, 0.4) is 0 Å². The van der Waals surface area contributed by atoms with Crippen LogP contribution in [0.25, 0.3) is 22.6 Å². The molecule has 0 bridgehead atoms. The highest BCUT2D eigenvalue weighted by atomic mass is 19.4. The second-order valence-corrected chi connectivity index (χ2v) is 7.04. The number of likely N-dealkylation sites (N-methyl/N-ethyl adjacent to an activating group) is 1. The smallest absolute Gasteiger partial charge is 0.354 e. The van der Waals surface area contributed by atoms with Gasteiger partial charge in [-0.2, -0.15) is 13.2 Å². The number of nitrogens with one attached hydrogen (secondary N) is 1. The van der Waals surface area contributed by atoms with Gasteiger partial charge in [0.1, 0.15) is 11.6 Å². The summed E-state index contributed by atoms with van der Waals surface area (Å²) in [5.41, 5.74) is 0.986. The Bertz CT molecular complexity index is 957. The van der Waals surface area contributed by atoms with Crippen molar-refractivity contribution in [3.8, 4) is 22.6 Å². The molecule has 3 heterocycles. The third kappa shape index (κ3) is 4.27. The first kappa shape index (κ1) is 19.4. The molecule has 0 atom stereocenters. The van der Waals surface area contributed by atoms with Gasteiger partial charge in [-0.1, -0.05) is 19.1 Å². The number of hydrogen-bond donors (Lipinski definition) is 1. The van der Waals surface area contributed by atoms with Crippen molar-refractivity contribution < 1.29 is 13.2 Å². The second kappa shape index (κ2) is 7.87. The van der Waals surface area contributed by atoms with Crippen molar-refractivity contribution in [1.29, 1.82) is 0 Å². The summed E-state index contributed by atoms with van der Waals surface area (Å²) in [4.78, 5) is 16.7. The summed E-state index contributed by atoms with van der Waals surface area (Å²) in [6.07, 6.45) is -1.02. The van der Waals surface area contributed by atoms with E-state index < -0.39 is 11.7 Å². The Labute approximate surface area is 167 Å². The average molecular weight is 401 g/mol. The molecule has 0 radical (unpaired) electrons. The maximum Gasteiger partial charge on any atom is 0.416 e. The molecule has 0 unspecified atom stereocenters. The molecule has 1 N–H and O–H groups in total. The maximum absolute atomic E-state index is 12.9. The minimum Gasteiger partial charge on any atom is -0.354 e. The highest BCUT2D eigenvalue weighted by molar-refractivity contribution is 5.65. The van der Waals surface area contributed by atoms with E-state index in [-0.39, 0.29) is 0 Å². The van der Waals surface area contributed by atoms with E-state index in [0.29, 0.717) is 17.1 Å². The Balaban J connectivity index is 1.50.